The average molecular weight is 776 g/mol. The van der Waals surface area contributed by atoms with Gasteiger partial charge in [0, 0.05) is 16.9 Å². The van der Waals surface area contributed by atoms with Crippen LogP contribution in [0.3, 0.4) is 0 Å². The molecule has 0 N–H and O–H groups in total. The van der Waals surface area contributed by atoms with Gasteiger partial charge in [0.05, 0.1) is 5.69 Å². The number of hydrogen-bond acceptors (Lipinski definition) is 1. The highest BCUT2D eigenvalue weighted by atomic mass is 15.1. The van der Waals surface area contributed by atoms with E-state index in [1.807, 2.05) is 0 Å². The van der Waals surface area contributed by atoms with E-state index >= 15 is 0 Å². The Hall–Kier alpha value is -8.00. The van der Waals surface area contributed by atoms with E-state index in [-0.39, 0.29) is 0 Å². The molecule has 11 rings (SSSR count). The predicted octanol–water partition coefficient (Wildman–Crippen LogP) is 17.0. The molecule has 11 aromatic carbocycles. The first-order valence-corrected chi connectivity index (χ1v) is 21.0. The van der Waals surface area contributed by atoms with Crippen molar-refractivity contribution >= 4 is 49.4 Å². The molecule has 0 saturated heterocycles. The standard InChI is InChI=1S/C60H41N/c1-2-15-46(16-3-1)56-30-13-21-48-22-14-31-58(60(48)56)57-27-8-9-32-59(57)61(51-24-10-23-49(41-51)55-29-12-20-45-18-5-7-26-53(45)55)50-39-37-43(38-40-50)42-33-35-47(36-34-42)54-28-11-19-44-17-4-6-25-52(44)54/h1-41H. The second-order valence-corrected chi connectivity index (χ2v) is 15.7. The topological polar surface area (TPSA) is 3.24 Å². The third-order valence-corrected chi connectivity index (χ3v) is 12.1. The molecule has 0 unspecified atom stereocenters. The van der Waals surface area contributed by atoms with Crippen molar-refractivity contribution in [3.63, 3.8) is 0 Å². The summed E-state index contributed by atoms with van der Waals surface area (Å²) in [6.07, 6.45) is 0. The van der Waals surface area contributed by atoms with Crippen LogP contribution >= 0.6 is 0 Å². The SMILES string of the molecule is c1ccc(-c2cccc3cccc(-c4ccccc4N(c4ccc(-c5ccc(-c6cccc7ccccc67)cc5)cc4)c4cccc(-c5cccc6ccccc56)c4)c23)cc1. The van der Waals surface area contributed by atoms with E-state index in [9.17, 15) is 0 Å². The minimum absolute atomic E-state index is 1.09. The molecule has 61 heavy (non-hydrogen) atoms. The largest absolute Gasteiger partial charge is 0.310 e. The van der Waals surface area contributed by atoms with Gasteiger partial charge in [-0.25, -0.2) is 0 Å². The van der Waals surface area contributed by atoms with Crippen molar-refractivity contribution in [1.29, 1.82) is 0 Å². The average Bonchev–Trinajstić information content (AvgIpc) is 3.34. The third-order valence-electron chi connectivity index (χ3n) is 12.1. The zero-order valence-corrected chi connectivity index (χ0v) is 33.6. The summed E-state index contributed by atoms with van der Waals surface area (Å²) in [6.45, 7) is 0. The fraction of sp³-hybridized carbons (Fsp3) is 0. The van der Waals surface area contributed by atoms with Crippen LogP contribution in [-0.2, 0) is 0 Å². The lowest BCUT2D eigenvalue weighted by Crippen LogP contribution is -2.11. The molecule has 1 nitrogen and oxygen atoms in total. The lowest BCUT2D eigenvalue weighted by molar-refractivity contribution is 1.28. The van der Waals surface area contributed by atoms with Gasteiger partial charge in [-0.15, -0.1) is 0 Å². The molecule has 1 heteroatoms. The second kappa shape index (κ2) is 15.6. The van der Waals surface area contributed by atoms with Crippen molar-refractivity contribution in [3.05, 3.63) is 249 Å². The molecule has 0 saturated carbocycles. The molecule has 0 bridgehead atoms. The molecule has 0 atom stereocenters. The maximum atomic E-state index is 2.43. The van der Waals surface area contributed by atoms with Gasteiger partial charge in [-0.1, -0.05) is 218 Å². The van der Waals surface area contributed by atoms with Crippen molar-refractivity contribution in [2.75, 3.05) is 4.90 Å². The molecule has 0 fully saturated rings. The Morgan fingerprint density at radius 2 is 0.672 bits per heavy atom. The molecule has 0 aliphatic heterocycles. The molecule has 0 aromatic heterocycles. The van der Waals surface area contributed by atoms with Gasteiger partial charge in [0.1, 0.15) is 0 Å². The Kier molecular flexibility index (Phi) is 9.26. The number of rotatable bonds is 8. The Morgan fingerprint density at radius 3 is 1.36 bits per heavy atom. The third kappa shape index (κ3) is 6.73. The van der Waals surface area contributed by atoms with Crippen LogP contribution in [0.5, 0.6) is 0 Å². The predicted molar refractivity (Wildman–Crippen MR) is 261 cm³/mol. The number of benzene rings is 11. The molecule has 0 radical (unpaired) electrons. The highest BCUT2D eigenvalue weighted by Gasteiger charge is 2.20. The lowest BCUT2D eigenvalue weighted by Gasteiger charge is -2.29. The normalized spacial score (nSPS) is 11.3. The lowest BCUT2D eigenvalue weighted by atomic mass is 9.90. The summed E-state index contributed by atoms with van der Waals surface area (Å²) >= 11 is 0. The van der Waals surface area contributed by atoms with Crippen molar-refractivity contribution in [1.82, 2.24) is 0 Å². The zero-order valence-electron chi connectivity index (χ0n) is 33.6. The van der Waals surface area contributed by atoms with Crippen molar-refractivity contribution < 1.29 is 0 Å². The van der Waals surface area contributed by atoms with E-state index in [0.717, 1.165) is 17.1 Å². The zero-order chi connectivity index (χ0) is 40.5. The molecule has 0 aliphatic carbocycles. The molecule has 0 amide bonds. The minimum Gasteiger partial charge on any atom is -0.310 e. The number of hydrogen-bond donors (Lipinski definition) is 0. The van der Waals surface area contributed by atoms with Gasteiger partial charge in [0.15, 0.2) is 0 Å². The monoisotopic (exact) mass is 775 g/mol. The summed E-state index contributed by atoms with van der Waals surface area (Å²) < 4.78 is 0. The van der Waals surface area contributed by atoms with Crippen LogP contribution in [0.2, 0.25) is 0 Å². The van der Waals surface area contributed by atoms with E-state index in [2.05, 4.69) is 254 Å². The van der Waals surface area contributed by atoms with Crippen molar-refractivity contribution in [3.8, 4) is 55.6 Å². The highest BCUT2D eigenvalue weighted by Crippen LogP contribution is 2.46. The molecular weight excluding hydrogens is 735 g/mol. The summed E-state index contributed by atoms with van der Waals surface area (Å²) in [5.41, 5.74) is 15.3. The van der Waals surface area contributed by atoms with E-state index in [1.165, 1.54) is 88.0 Å². The minimum atomic E-state index is 1.09. The van der Waals surface area contributed by atoms with Gasteiger partial charge in [0.25, 0.3) is 0 Å². The van der Waals surface area contributed by atoms with Crippen molar-refractivity contribution in [2.45, 2.75) is 0 Å². The van der Waals surface area contributed by atoms with Crippen LogP contribution < -0.4 is 4.90 Å². The van der Waals surface area contributed by atoms with Gasteiger partial charge in [-0.2, -0.15) is 0 Å². The summed E-state index contributed by atoms with van der Waals surface area (Å²) in [5.74, 6) is 0. The summed E-state index contributed by atoms with van der Waals surface area (Å²) in [5, 5.41) is 7.47. The van der Waals surface area contributed by atoms with Crippen LogP contribution in [0.1, 0.15) is 0 Å². The fourth-order valence-electron chi connectivity index (χ4n) is 9.16. The van der Waals surface area contributed by atoms with E-state index in [4.69, 9.17) is 0 Å². The number of fused-ring (bicyclic) bond motifs is 3. The Morgan fingerprint density at radius 1 is 0.230 bits per heavy atom. The fourth-order valence-corrected chi connectivity index (χ4v) is 9.16. The number of para-hydroxylation sites is 1. The first kappa shape index (κ1) is 36.1. The number of nitrogens with zero attached hydrogens (tertiary/aromatic N) is 1. The second-order valence-electron chi connectivity index (χ2n) is 15.7. The molecule has 0 aliphatic rings. The van der Waals surface area contributed by atoms with Crippen LogP contribution in [0, 0.1) is 0 Å². The van der Waals surface area contributed by atoms with Gasteiger partial charge in [-0.05, 0) is 113 Å². The van der Waals surface area contributed by atoms with E-state index in [1.54, 1.807) is 0 Å². The van der Waals surface area contributed by atoms with E-state index < -0.39 is 0 Å². The maximum absolute atomic E-state index is 2.43. The van der Waals surface area contributed by atoms with Crippen LogP contribution in [-0.4, -0.2) is 0 Å². The Bertz CT molecular complexity index is 3330. The first-order chi connectivity index (χ1) is 30.3. The molecule has 11 aromatic rings. The summed E-state index contributed by atoms with van der Waals surface area (Å²) in [6, 6.07) is 90.5. The van der Waals surface area contributed by atoms with Crippen LogP contribution in [0.25, 0.3) is 88.0 Å². The Labute approximate surface area is 357 Å². The van der Waals surface area contributed by atoms with Gasteiger partial charge >= 0.3 is 0 Å². The quantitative estimate of drug-likeness (QED) is 0.149. The molecule has 0 heterocycles. The van der Waals surface area contributed by atoms with Gasteiger partial charge in [0.2, 0.25) is 0 Å². The first-order valence-electron chi connectivity index (χ1n) is 21.0. The van der Waals surface area contributed by atoms with Crippen molar-refractivity contribution in [2.24, 2.45) is 0 Å². The maximum Gasteiger partial charge on any atom is 0.0540 e. The van der Waals surface area contributed by atoms with Gasteiger partial charge in [-0.3, -0.25) is 0 Å². The van der Waals surface area contributed by atoms with Gasteiger partial charge < -0.3 is 4.90 Å². The van der Waals surface area contributed by atoms with E-state index in [0.29, 0.717) is 0 Å². The summed E-state index contributed by atoms with van der Waals surface area (Å²) in [4.78, 5) is 2.43. The summed E-state index contributed by atoms with van der Waals surface area (Å²) in [7, 11) is 0. The highest BCUT2D eigenvalue weighted by molar-refractivity contribution is 6.09. The Balaban J connectivity index is 1.05. The molecular formula is C60H41N. The van der Waals surface area contributed by atoms with Crippen LogP contribution in [0.15, 0.2) is 249 Å². The smallest absolute Gasteiger partial charge is 0.0540 e. The van der Waals surface area contributed by atoms with Crippen LogP contribution in [0.4, 0.5) is 17.1 Å². The molecule has 286 valence electrons. The number of anilines is 3. The molecule has 0 spiro atoms.